The molecule has 0 bridgehead atoms. The molecule has 68 valence electrons. The molecule has 0 aliphatic rings. The molecule has 0 N–H and O–H groups in total. The Labute approximate surface area is 78.2 Å². The first kappa shape index (κ1) is 9.68. The largest absolute Gasteiger partial charge is 0.301 e. The van der Waals surface area contributed by atoms with E-state index in [1.54, 1.807) is 11.3 Å². The quantitative estimate of drug-likeness (QED) is 0.713. The lowest BCUT2D eigenvalue weighted by molar-refractivity contribution is 0.341. The van der Waals surface area contributed by atoms with Crippen molar-refractivity contribution in [2.24, 2.45) is 0 Å². The smallest absolute Gasteiger partial charge is 0.0798 e. The summed E-state index contributed by atoms with van der Waals surface area (Å²) in [6, 6.07) is 0. The van der Waals surface area contributed by atoms with Gasteiger partial charge in [-0.15, -0.1) is 11.3 Å². The second kappa shape index (κ2) is 4.58. The Morgan fingerprint density at radius 2 is 2.25 bits per heavy atom. The van der Waals surface area contributed by atoms with Crippen LogP contribution in [0.4, 0.5) is 0 Å². The van der Waals surface area contributed by atoms with E-state index in [1.807, 2.05) is 5.51 Å². The van der Waals surface area contributed by atoms with Crippen LogP contribution in [0.3, 0.4) is 0 Å². The van der Waals surface area contributed by atoms with Crippen LogP contribution in [0, 0.1) is 0 Å². The molecule has 0 saturated carbocycles. The Bertz CT molecular complexity index is 232. The van der Waals surface area contributed by atoms with Crippen LogP contribution in [0.5, 0.6) is 0 Å². The Morgan fingerprint density at radius 1 is 1.50 bits per heavy atom. The predicted octanol–water partition coefficient (Wildman–Crippen LogP) is 2.16. The van der Waals surface area contributed by atoms with Gasteiger partial charge in [0.15, 0.2) is 0 Å². The molecule has 0 aliphatic heterocycles. The Balaban J connectivity index is 2.61. The molecule has 0 aromatic carbocycles. The lowest BCUT2D eigenvalue weighted by Crippen LogP contribution is -2.17. The Morgan fingerprint density at radius 3 is 2.83 bits per heavy atom. The van der Waals surface area contributed by atoms with Gasteiger partial charge in [0.1, 0.15) is 0 Å². The molecule has 0 aliphatic carbocycles. The highest BCUT2D eigenvalue weighted by Gasteiger charge is 2.05. The van der Waals surface area contributed by atoms with Crippen LogP contribution in [0.15, 0.2) is 5.51 Å². The minimum absolute atomic E-state index is 0.989. The first-order valence-corrected chi connectivity index (χ1v) is 5.25. The fraction of sp³-hybridized carbons (Fsp3) is 0.667. The van der Waals surface area contributed by atoms with Crippen molar-refractivity contribution < 1.29 is 0 Å². The normalized spacial score (nSPS) is 11.0. The molecule has 0 radical (unpaired) electrons. The van der Waals surface area contributed by atoms with Gasteiger partial charge in [0.25, 0.3) is 0 Å². The summed E-state index contributed by atoms with van der Waals surface area (Å²) >= 11 is 1.76. The maximum absolute atomic E-state index is 4.35. The van der Waals surface area contributed by atoms with Crippen LogP contribution in [0.25, 0.3) is 0 Å². The highest BCUT2D eigenvalue weighted by Crippen LogP contribution is 2.14. The van der Waals surface area contributed by atoms with Crippen molar-refractivity contribution in [1.82, 2.24) is 9.88 Å². The Kier molecular flexibility index (Phi) is 3.69. The number of thiazole rings is 1. The average Bonchev–Trinajstić information content (AvgIpc) is 2.51. The molecule has 0 saturated heterocycles. The van der Waals surface area contributed by atoms with Crippen LogP contribution in [-0.2, 0) is 13.0 Å². The van der Waals surface area contributed by atoms with Gasteiger partial charge >= 0.3 is 0 Å². The van der Waals surface area contributed by atoms with E-state index in [4.69, 9.17) is 0 Å². The molecule has 0 spiro atoms. The molecular formula is C9H16N2S. The van der Waals surface area contributed by atoms with Gasteiger partial charge in [-0.05, 0) is 20.0 Å². The van der Waals surface area contributed by atoms with Gasteiger partial charge in [-0.25, -0.2) is 4.98 Å². The summed E-state index contributed by atoms with van der Waals surface area (Å²) in [6.45, 7) is 6.42. The van der Waals surface area contributed by atoms with E-state index in [1.165, 1.54) is 10.6 Å². The van der Waals surface area contributed by atoms with Crippen molar-refractivity contribution in [3.63, 3.8) is 0 Å². The van der Waals surface area contributed by atoms with Crippen molar-refractivity contribution in [3.05, 3.63) is 16.1 Å². The summed E-state index contributed by atoms with van der Waals surface area (Å²) < 4.78 is 0. The van der Waals surface area contributed by atoms with E-state index in [0.717, 1.165) is 19.5 Å². The molecule has 1 aromatic rings. The van der Waals surface area contributed by atoms with Crippen LogP contribution in [-0.4, -0.2) is 23.5 Å². The highest BCUT2D eigenvalue weighted by molar-refractivity contribution is 7.09. The molecule has 0 unspecified atom stereocenters. The topological polar surface area (TPSA) is 16.1 Å². The first-order valence-electron chi connectivity index (χ1n) is 4.37. The van der Waals surface area contributed by atoms with Gasteiger partial charge in [0.05, 0.1) is 11.2 Å². The van der Waals surface area contributed by atoms with Gasteiger partial charge < -0.3 is 4.90 Å². The predicted molar refractivity (Wildman–Crippen MR) is 53.5 cm³/mol. The van der Waals surface area contributed by atoms with Crippen LogP contribution in [0.1, 0.15) is 24.4 Å². The van der Waals surface area contributed by atoms with E-state index < -0.39 is 0 Å². The molecule has 1 aromatic heterocycles. The van der Waals surface area contributed by atoms with Crippen LogP contribution >= 0.6 is 11.3 Å². The lowest BCUT2D eigenvalue weighted by Gasteiger charge is -2.12. The Hall–Kier alpha value is -0.410. The molecule has 3 heteroatoms. The molecule has 1 heterocycles. The van der Waals surface area contributed by atoms with Crippen molar-refractivity contribution in [3.8, 4) is 0 Å². The van der Waals surface area contributed by atoms with E-state index >= 15 is 0 Å². The SMILES string of the molecule is CCc1scnc1CN(C)CC. The fourth-order valence-corrected chi connectivity index (χ4v) is 1.80. The van der Waals surface area contributed by atoms with E-state index in [9.17, 15) is 0 Å². The second-order valence-corrected chi connectivity index (χ2v) is 3.85. The average molecular weight is 184 g/mol. The number of nitrogens with zero attached hydrogens (tertiary/aromatic N) is 2. The lowest BCUT2D eigenvalue weighted by atomic mass is 10.3. The third-order valence-electron chi connectivity index (χ3n) is 2.01. The number of hydrogen-bond donors (Lipinski definition) is 0. The number of hydrogen-bond acceptors (Lipinski definition) is 3. The zero-order valence-electron chi connectivity index (χ0n) is 8.00. The van der Waals surface area contributed by atoms with Crippen LogP contribution in [0.2, 0.25) is 0 Å². The monoisotopic (exact) mass is 184 g/mol. The maximum Gasteiger partial charge on any atom is 0.0798 e. The summed E-state index contributed by atoms with van der Waals surface area (Å²) in [6.07, 6.45) is 1.11. The number of aromatic nitrogens is 1. The van der Waals surface area contributed by atoms with Crippen LogP contribution < -0.4 is 0 Å². The fourth-order valence-electron chi connectivity index (χ4n) is 1.08. The zero-order valence-corrected chi connectivity index (χ0v) is 8.82. The maximum atomic E-state index is 4.35. The van der Waals surface area contributed by atoms with Crippen molar-refractivity contribution in [1.29, 1.82) is 0 Å². The van der Waals surface area contributed by atoms with Gasteiger partial charge in [0.2, 0.25) is 0 Å². The third kappa shape index (κ3) is 2.29. The van der Waals surface area contributed by atoms with E-state index in [0.29, 0.717) is 0 Å². The summed E-state index contributed by atoms with van der Waals surface area (Å²) in [4.78, 5) is 8.05. The molecule has 0 fully saturated rings. The minimum atomic E-state index is 0.989. The third-order valence-corrected chi connectivity index (χ3v) is 3.03. The summed E-state index contributed by atoms with van der Waals surface area (Å²) in [7, 11) is 2.12. The van der Waals surface area contributed by atoms with E-state index in [-0.39, 0.29) is 0 Å². The first-order chi connectivity index (χ1) is 5.77. The second-order valence-electron chi connectivity index (χ2n) is 2.91. The summed E-state index contributed by atoms with van der Waals surface area (Å²) in [5.41, 5.74) is 3.20. The standard InChI is InChI=1S/C9H16N2S/c1-4-9-8(10-7-12-9)6-11(3)5-2/h7H,4-6H2,1-3H3. The number of rotatable bonds is 4. The molecule has 1 rings (SSSR count). The van der Waals surface area contributed by atoms with Crippen molar-refractivity contribution in [2.75, 3.05) is 13.6 Å². The van der Waals surface area contributed by atoms with E-state index in [2.05, 4.69) is 30.8 Å². The molecular weight excluding hydrogens is 168 g/mol. The molecule has 2 nitrogen and oxygen atoms in total. The van der Waals surface area contributed by atoms with Gasteiger partial charge in [-0.3, -0.25) is 0 Å². The summed E-state index contributed by atoms with van der Waals surface area (Å²) in [5.74, 6) is 0. The zero-order chi connectivity index (χ0) is 8.97. The highest BCUT2D eigenvalue weighted by atomic mass is 32.1. The number of aryl methyl sites for hydroxylation is 1. The van der Waals surface area contributed by atoms with Gasteiger partial charge in [-0.2, -0.15) is 0 Å². The minimum Gasteiger partial charge on any atom is -0.301 e. The van der Waals surface area contributed by atoms with Crippen molar-refractivity contribution in [2.45, 2.75) is 26.8 Å². The van der Waals surface area contributed by atoms with Gasteiger partial charge in [-0.1, -0.05) is 13.8 Å². The molecule has 0 amide bonds. The molecule has 12 heavy (non-hydrogen) atoms. The summed E-state index contributed by atoms with van der Waals surface area (Å²) in [5, 5.41) is 0. The van der Waals surface area contributed by atoms with Crippen molar-refractivity contribution >= 4 is 11.3 Å². The van der Waals surface area contributed by atoms with Gasteiger partial charge in [0, 0.05) is 11.4 Å². The molecule has 0 atom stereocenters.